The highest BCUT2D eigenvalue weighted by atomic mass is 35.5. The Kier molecular flexibility index (Phi) is 4.26. The molecule has 6 nitrogen and oxygen atoms in total. The van der Waals surface area contributed by atoms with Crippen molar-refractivity contribution in [1.29, 1.82) is 5.26 Å². The van der Waals surface area contributed by atoms with Gasteiger partial charge in [0.15, 0.2) is 0 Å². The maximum Gasteiger partial charge on any atom is 0.262 e. The first-order valence-corrected chi connectivity index (χ1v) is 6.24. The van der Waals surface area contributed by atoms with Crippen LogP contribution in [0.5, 0.6) is 5.75 Å². The molecule has 21 heavy (non-hydrogen) atoms. The van der Waals surface area contributed by atoms with Crippen LogP contribution in [0, 0.1) is 11.3 Å². The first kappa shape index (κ1) is 14.6. The number of nitrogens with zero attached hydrogens (tertiary/aromatic N) is 2. The molecule has 0 aliphatic heterocycles. The van der Waals surface area contributed by atoms with Crippen LogP contribution in [0.4, 0.5) is 11.4 Å². The number of halogens is 1. The number of amides is 1. The van der Waals surface area contributed by atoms with Crippen LogP contribution >= 0.6 is 11.6 Å². The van der Waals surface area contributed by atoms with Crippen LogP contribution in [0.25, 0.3) is 0 Å². The number of hydrogen-bond acceptors (Lipinski definition) is 5. The number of carbonyl (C=O) groups excluding carboxylic acids is 1. The van der Waals surface area contributed by atoms with Crippen LogP contribution in [0.2, 0.25) is 5.15 Å². The monoisotopic (exact) mass is 302 g/mol. The number of hydrogen-bond donors (Lipinski definition) is 2. The summed E-state index contributed by atoms with van der Waals surface area (Å²) in [7, 11) is 1.42. The fraction of sp³-hybridized carbons (Fsp3) is 0.0714. The van der Waals surface area contributed by atoms with Crippen molar-refractivity contribution in [2.45, 2.75) is 0 Å². The van der Waals surface area contributed by atoms with Gasteiger partial charge in [-0.1, -0.05) is 11.6 Å². The molecule has 2 aromatic rings. The molecule has 0 aliphatic rings. The number of nitrogens with two attached hydrogens (primary N) is 1. The van der Waals surface area contributed by atoms with Gasteiger partial charge in [0.2, 0.25) is 0 Å². The highest BCUT2D eigenvalue weighted by molar-refractivity contribution is 6.33. The van der Waals surface area contributed by atoms with Crippen molar-refractivity contribution in [3.63, 3.8) is 0 Å². The van der Waals surface area contributed by atoms with Crippen LogP contribution in [-0.4, -0.2) is 18.0 Å². The molecule has 2 rings (SSSR count). The number of carbonyl (C=O) groups is 1. The van der Waals surface area contributed by atoms with E-state index < -0.39 is 5.91 Å². The predicted molar refractivity (Wildman–Crippen MR) is 79.3 cm³/mol. The molecule has 0 spiro atoms. The summed E-state index contributed by atoms with van der Waals surface area (Å²) < 4.78 is 5.09. The number of rotatable bonds is 3. The third-order valence-electron chi connectivity index (χ3n) is 2.74. The zero-order chi connectivity index (χ0) is 15.4. The van der Waals surface area contributed by atoms with Gasteiger partial charge in [-0.2, -0.15) is 5.26 Å². The predicted octanol–water partition coefficient (Wildman–Crippen LogP) is 2.45. The van der Waals surface area contributed by atoms with E-state index in [1.807, 2.05) is 6.07 Å². The number of nitrogens with one attached hydrogen (secondary N) is 1. The second kappa shape index (κ2) is 6.11. The second-order valence-corrected chi connectivity index (χ2v) is 4.40. The van der Waals surface area contributed by atoms with Crippen molar-refractivity contribution in [1.82, 2.24) is 4.98 Å². The van der Waals surface area contributed by atoms with Gasteiger partial charge >= 0.3 is 0 Å². The zero-order valence-corrected chi connectivity index (χ0v) is 11.8. The minimum Gasteiger partial charge on any atom is -0.496 e. The van der Waals surface area contributed by atoms with Gasteiger partial charge in [0.25, 0.3) is 5.91 Å². The number of nitrogen functional groups attached to an aromatic ring is 1. The first-order chi connectivity index (χ1) is 10.1. The SMILES string of the molecule is COc1ccnc(Cl)c1C(=O)Nc1cc(C#N)ccc1N. The van der Waals surface area contributed by atoms with Crippen molar-refractivity contribution in [3.8, 4) is 11.8 Å². The summed E-state index contributed by atoms with van der Waals surface area (Å²) in [5, 5.41) is 11.5. The molecule has 0 fully saturated rings. The summed E-state index contributed by atoms with van der Waals surface area (Å²) in [5.41, 5.74) is 6.91. The Hall–Kier alpha value is -2.78. The van der Waals surface area contributed by atoms with Crippen molar-refractivity contribution in [2.75, 3.05) is 18.2 Å². The van der Waals surface area contributed by atoms with E-state index in [2.05, 4.69) is 10.3 Å². The van der Waals surface area contributed by atoms with E-state index in [1.54, 1.807) is 6.07 Å². The fourth-order valence-corrected chi connectivity index (χ4v) is 1.95. The lowest BCUT2D eigenvalue weighted by atomic mass is 10.1. The number of pyridine rings is 1. The lowest BCUT2D eigenvalue weighted by Gasteiger charge is -2.11. The molecule has 0 saturated carbocycles. The van der Waals surface area contributed by atoms with Crippen LogP contribution < -0.4 is 15.8 Å². The molecular formula is C14H11ClN4O2. The Morgan fingerprint density at radius 1 is 1.48 bits per heavy atom. The fourth-order valence-electron chi connectivity index (χ4n) is 1.71. The molecule has 3 N–H and O–H groups in total. The molecule has 1 aromatic heterocycles. The number of methoxy groups -OCH3 is 1. The number of ether oxygens (including phenoxy) is 1. The molecule has 7 heteroatoms. The maximum absolute atomic E-state index is 12.3. The van der Waals surface area contributed by atoms with Gasteiger partial charge in [0.1, 0.15) is 16.5 Å². The normalized spacial score (nSPS) is 9.76. The third kappa shape index (κ3) is 3.04. The maximum atomic E-state index is 12.3. The average molecular weight is 303 g/mol. The molecular weight excluding hydrogens is 292 g/mol. The van der Waals surface area contributed by atoms with Gasteiger partial charge in [-0.25, -0.2) is 4.98 Å². The van der Waals surface area contributed by atoms with E-state index in [-0.39, 0.29) is 10.7 Å². The molecule has 1 heterocycles. The van der Waals surface area contributed by atoms with E-state index in [9.17, 15) is 4.79 Å². The van der Waals surface area contributed by atoms with Crippen molar-refractivity contribution in [3.05, 3.63) is 46.7 Å². The molecule has 0 radical (unpaired) electrons. The third-order valence-corrected chi connectivity index (χ3v) is 3.03. The molecule has 1 amide bonds. The molecule has 0 saturated heterocycles. The number of benzene rings is 1. The highest BCUT2D eigenvalue weighted by Crippen LogP contribution is 2.27. The largest absolute Gasteiger partial charge is 0.496 e. The Morgan fingerprint density at radius 3 is 2.90 bits per heavy atom. The van der Waals surface area contributed by atoms with Crippen molar-refractivity contribution < 1.29 is 9.53 Å². The zero-order valence-electron chi connectivity index (χ0n) is 11.1. The minimum absolute atomic E-state index is 0.0156. The lowest BCUT2D eigenvalue weighted by Crippen LogP contribution is -2.15. The number of anilines is 2. The Balaban J connectivity index is 2.37. The molecule has 0 bridgehead atoms. The van der Waals surface area contributed by atoms with E-state index in [0.29, 0.717) is 22.7 Å². The standard InChI is InChI=1S/C14H11ClN4O2/c1-21-11-4-5-18-13(15)12(11)14(20)19-10-6-8(7-16)2-3-9(10)17/h2-6H,17H2,1H3,(H,19,20). The smallest absolute Gasteiger partial charge is 0.262 e. The summed E-state index contributed by atoms with van der Waals surface area (Å²) in [6, 6.07) is 8.07. The molecule has 1 aromatic carbocycles. The van der Waals surface area contributed by atoms with Crippen LogP contribution in [0.1, 0.15) is 15.9 Å². The van der Waals surface area contributed by atoms with Crippen LogP contribution in [0.15, 0.2) is 30.5 Å². The minimum atomic E-state index is -0.522. The second-order valence-electron chi connectivity index (χ2n) is 4.05. The quantitative estimate of drug-likeness (QED) is 0.670. The van der Waals surface area contributed by atoms with Gasteiger partial charge < -0.3 is 15.8 Å². The Bertz CT molecular complexity index is 740. The van der Waals surface area contributed by atoms with E-state index in [1.165, 1.54) is 31.5 Å². The van der Waals surface area contributed by atoms with Crippen LogP contribution in [0.3, 0.4) is 0 Å². The molecule has 106 valence electrons. The van der Waals surface area contributed by atoms with E-state index >= 15 is 0 Å². The van der Waals surface area contributed by atoms with E-state index in [4.69, 9.17) is 27.3 Å². The Labute approximate surface area is 126 Å². The lowest BCUT2D eigenvalue weighted by molar-refractivity contribution is 0.102. The summed E-state index contributed by atoms with van der Waals surface area (Å²) in [4.78, 5) is 16.2. The summed E-state index contributed by atoms with van der Waals surface area (Å²) in [6.07, 6.45) is 1.43. The summed E-state index contributed by atoms with van der Waals surface area (Å²) in [5.74, 6) is -0.228. The highest BCUT2D eigenvalue weighted by Gasteiger charge is 2.18. The van der Waals surface area contributed by atoms with Crippen molar-refractivity contribution in [2.24, 2.45) is 0 Å². The molecule has 0 aliphatic carbocycles. The average Bonchev–Trinajstić information content (AvgIpc) is 2.48. The Morgan fingerprint density at radius 2 is 2.24 bits per heavy atom. The molecule has 0 unspecified atom stereocenters. The van der Waals surface area contributed by atoms with Crippen molar-refractivity contribution >= 4 is 28.9 Å². The van der Waals surface area contributed by atoms with Crippen LogP contribution in [-0.2, 0) is 0 Å². The number of nitriles is 1. The van der Waals surface area contributed by atoms with Gasteiger partial charge in [0, 0.05) is 6.20 Å². The number of aromatic nitrogens is 1. The van der Waals surface area contributed by atoms with Gasteiger partial charge in [0.05, 0.1) is 30.1 Å². The van der Waals surface area contributed by atoms with E-state index in [0.717, 1.165) is 0 Å². The summed E-state index contributed by atoms with van der Waals surface area (Å²) >= 11 is 5.93. The first-order valence-electron chi connectivity index (χ1n) is 5.86. The topological polar surface area (TPSA) is 101 Å². The van der Waals surface area contributed by atoms with Gasteiger partial charge in [-0.15, -0.1) is 0 Å². The molecule has 0 atom stereocenters. The van der Waals surface area contributed by atoms with Gasteiger partial charge in [-0.05, 0) is 24.3 Å². The van der Waals surface area contributed by atoms with Gasteiger partial charge in [-0.3, -0.25) is 4.79 Å². The summed E-state index contributed by atoms with van der Waals surface area (Å²) in [6.45, 7) is 0.